The van der Waals surface area contributed by atoms with Crippen LogP contribution in [0.4, 0.5) is 5.82 Å². The molecule has 26 heavy (non-hydrogen) atoms. The summed E-state index contributed by atoms with van der Waals surface area (Å²) in [6.07, 6.45) is -3.59. The van der Waals surface area contributed by atoms with Crippen LogP contribution >= 0.6 is 0 Å². The quantitative estimate of drug-likeness (QED) is 0.572. The van der Waals surface area contributed by atoms with E-state index < -0.39 is 42.7 Å². The van der Waals surface area contributed by atoms with Crippen molar-refractivity contribution in [1.82, 2.24) is 9.55 Å². The summed E-state index contributed by atoms with van der Waals surface area (Å²) in [5.41, 5.74) is 0.660. The standard InChI is InChI=1S/C17H19N3O6/c1-9-2-4-10(5-3-9)15(24)18-12-6-7-20(17(25)19-12)16-14(23)13(22)11(8-21)26-16/h2-7,11,13-14,16,21-23H,8H2,1H3,(H,18,19,24,25)/t11-,13+,14-,16-/m0/s1. The zero-order chi connectivity index (χ0) is 18.8. The first-order valence-corrected chi connectivity index (χ1v) is 8.00. The van der Waals surface area contributed by atoms with E-state index in [1.54, 1.807) is 24.3 Å². The molecule has 0 saturated carbocycles. The molecule has 1 fully saturated rings. The van der Waals surface area contributed by atoms with Gasteiger partial charge in [-0.15, -0.1) is 0 Å². The van der Waals surface area contributed by atoms with Crippen LogP contribution in [0.3, 0.4) is 0 Å². The van der Waals surface area contributed by atoms with Crippen LogP contribution in [0.25, 0.3) is 0 Å². The van der Waals surface area contributed by atoms with Crippen molar-refractivity contribution < 1.29 is 24.9 Å². The lowest BCUT2D eigenvalue weighted by Crippen LogP contribution is -2.36. The fourth-order valence-electron chi connectivity index (χ4n) is 2.68. The Morgan fingerprint density at radius 1 is 1.23 bits per heavy atom. The molecule has 1 aromatic carbocycles. The molecule has 9 nitrogen and oxygen atoms in total. The van der Waals surface area contributed by atoms with Gasteiger partial charge in [0, 0.05) is 11.8 Å². The van der Waals surface area contributed by atoms with Gasteiger partial charge in [0.25, 0.3) is 5.91 Å². The zero-order valence-electron chi connectivity index (χ0n) is 13.9. The van der Waals surface area contributed by atoms with E-state index in [9.17, 15) is 19.8 Å². The van der Waals surface area contributed by atoms with Gasteiger partial charge in [0.1, 0.15) is 24.1 Å². The number of carbonyl (C=O) groups is 1. The molecule has 138 valence electrons. The zero-order valence-corrected chi connectivity index (χ0v) is 13.9. The third-order valence-electron chi connectivity index (χ3n) is 4.18. The highest BCUT2D eigenvalue weighted by molar-refractivity contribution is 6.03. The number of nitrogens with zero attached hydrogens (tertiary/aromatic N) is 2. The van der Waals surface area contributed by atoms with Gasteiger partial charge < -0.3 is 25.4 Å². The number of aryl methyl sites for hydroxylation is 1. The number of aliphatic hydroxyl groups is 3. The lowest BCUT2D eigenvalue weighted by molar-refractivity contribution is -0.0549. The molecular formula is C17H19N3O6. The Hall–Kier alpha value is -2.59. The molecule has 2 heterocycles. The number of hydrogen-bond donors (Lipinski definition) is 4. The van der Waals surface area contributed by atoms with Crippen molar-refractivity contribution in [3.63, 3.8) is 0 Å². The molecule has 1 saturated heterocycles. The van der Waals surface area contributed by atoms with Gasteiger partial charge in [0.15, 0.2) is 6.23 Å². The third-order valence-corrected chi connectivity index (χ3v) is 4.18. The summed E-state index contributed by atoms with van der Waals surface area (Å²) in [5.74, 6) is -0.369. The van der Waals surface area contributed by atoms with Gasteiger partial charge in [-0.1, -0.05) is 17.7 Å². The number of aliphatic hydroxyl groups excluding tert-OH is 3. The summed E-state index contributed by atoms with van der Waals surface area (Å²) in [5, 5.41) is 31.4. The number of hydrogen-bond acceptors (Lipinski definition) is 7. The Balaban J connectivity index is 1.77. The number of ether oxygens (including phenoxy) is 1. The first kappa shape index (κ1) is 18.2. The molecule has 1 aliphatic heterocycles. The fourth-order valence-corrected chi connectivity index (χ4v) is 2.68. The van der Waals surface area contributed by atoms with E-state index in [1.165, 1.54) is 12.3 Å². The lowest BCUT2D eigenvalue weighted by atomic mass is 10.1. The maximum absolute atomic E-state index is 12.2. The van der Waals surface area contributed by atoms with Gasteiger partial charge in [0.2, 0.25) is 0 Å². The summed E-state index contributed by atoms with van der Waals surface area (Å²) in [4.78, 5) is 28.1. The van der Waals surface area contributed by atoms with Crippen LogP contribution in [-0.4, -0.2) is 55.7 Å². The number of amides is 1. The van der Waals surface area contributed by atoms with Gasteiger partial charge in [-0.25, -0.2) is 4.79 Å². The molecule has 2 aromatic rings. The number of nitrogens with one attached hydrogen (secondary N) is 1. The molecule has 4 atom stereocenters. The van der Waals surface area contributed by atoms with E-state index in [4.69, 9.17) is 9.84 Å². The average Bonchev–Trinajstić information content (AvgIpc) is 2.90. The predicted molar refractivity (Wildman–Crippen MR) is 90.6 cm³/mol. The van der Waals surface area contributed by atoms with Gasteiger partial charge in [-0.05, 0) is 25.1 Å². The molecule has 0 aliphatic carbocycles. The second kappa shape index (κ2) is 7.34. The molecule has 1 amide bonds. The molecule has 3 rings (SSSR count). The average molecular weight is 361 g/mol. The first-order valence-electron chi connectivity index (χ1n) is 8.00. The highest BCUT2D eigenvalue weighted by atomic mass is 16.6. The van der Waals surface area contributed by atoms with Crippen LogP contribution in [0, 0.1) is 6.92 Å². The minimum atomic E-state index is -1.39. The Morgan fingerprint density at radius 2 is 1.92 bits per heavy atom. The minimum Gasteiger partial charge on any atom is -0.394 e. The third kappa shape index (κ3) is 3.51. The topological polar surface area (TPSA) is 134 Å². The summed E-state index contributed by atoms with van der Waals surface area (Å²) in [7, 11) is 0. The monoisotopic (exact) mass is 361 g/mol. The molecule has 0 radical (unpaired) electrons. The second-order valence-electron chi connectivity index (χ2n) is 6.05. The van der Waals surface area contributed by atoms with Crippen LogP contribution in [0.5, 0.6) is 0 Å². The van der Waals surface area contributed by atoms with E-state index in [0.29, 0.717) is 5.56 Å². The number of anilines is 1. The number of aromatic nitrogens is 2. The molecule has 9 heteroatoms. The Labute approximate surface area is 148 Å². The van der Waals surface area contributed by atoms with Crippen molar-refractivity contribution in [2.45, 2.75) is 31.5 Å². The van der Waals surface area contributed by atoms with Crippen LogP contribution in [0.2, 0.25) is 0 Å². The van der Waals surface area contributed by atoms with Gasteiger partial charge in [-0.2, -0.15) is 4.98 Å². The van der Waals surface area contributed by atoms with Crippen LogP contribution in [0.15, 0.2) is 41.3 Å². The van der Waals surface area contributed by atoms with Crippen molar-refractivity contribution in [2.75, 3.05) is 11.9 Å². The number of rotatable bonds is 4. The highest BCUT2D eigenvalue weighted by Gasteiger charge is 2.43. The fraction of sp³-hybridized carbons (Fsp3) is 0.353. The van der Waals surface area contributed by atoms with Crippen molar-refractivity contribution in [2.24, 2.45) is 0 Å². The van der Waals surface area contributed by atoms with Gasteiger partial charge >= 0.3 is 5.69 Å². The molecule has 0 unspecified atom stereocenters. The normalized spacial score (nSPS) is 25.2. The van der Waals surface area contributed by atoms with Crippen molar-refractivity contribution >= 4 is 11.7 Å². The Morgan fingerprint density at radius 3 is 2.50 bits per heavy atom. The largest absolute Gasteiger partial charge is 0.394 e. The minimum absolute atomic E-state index is 0.0450. The summed E-state index contributed by atoms with van der Waals surface area (Å²) < 4.78 is 6.28. The van der Waals surface area contributed by atoms with E-state index in [-0.39, 0.29) is 5.82 Å². The van der Waals surface area contributed by atoms with Crippen LogP contribution in [0.1, 0.15) is 22.1 Å². The Kier molecular flexibility index (Phi) is 5.14. The molecular weight excluding hydrogens is 342 g/mol. The summed E-state index contributed by atoms with van der Waals surface area (Å²) in [6, 6.07) is 8.28. The second-order valence-corrected chi connectivity index (χ2v) is 6.05. The summed E-state index contributed by atoms with van der Waals surface area (Å²) >= 11 is 0. The number of benzene rings is 1. The van der Waals surface area contributed by atoms with Crippen LogP contribution < -0.4 is 11.0 Å². The number of carbonyl (C=O) groups excluding carboxylic acids is 1. The van der Waals surface area contributed by atoms with E-state index in [2.05, 4.69) is 10.3 Å². The first-order chi connectivity index (χ1) is 12.4. The van der Waals surface area contributed by atoms with Crippen LogP contribution in [-0.2, 0) is 4.74 Å². The lowest BCUT2D eigenvalue weighted by Gasteiger charge is -2.17. The van der Waals surface area contributed by atoms with Gasteiger partial charge in [0.05, 0.1) is 6.61 Å². The van der Waals surface area contributed by atoms with Crippen molar-refractivity contribution in [3.05, 3.63) is 58.1 Å². The van der Waals surface area contributed by atoms with E-state index in [0.717, 1.165) is 10.1 Å². The molecule has 0 bridgehead atoms. The Bertz CT molecular complexity index is 850. The van der Waals surface area contributed by atoms with Gasteiger partial charge in [-0.3, -0.25) is 9.36 Å². The molecule has 4 N–H and O–H groups in total. The molecule has 1 aromatic heterocycles. The predicted octanol–water partition coefficient (Wildman–Crippen LogP) is -0.584. The highest BCUT2D eigenvalue weighted by Crippen LogP contribution is 2.28. The SMILES string of the molecule is Cc1ccc(C(=O)Nc2ccn([C@H]3O[C@@H](CO)[C@@H](O)[C@@H]3O)c(=O)n2)cc1. The summed E-state index contributed by atoms with van der Waals surface area (Å²) in [6.45, 7) is 1.41. The smallest absolute Gasteiger partial charge is 0.351 e. The maximum Gasteiger partial charge on any atom is 0.351 e. The molecule has 1 aliphatic rings. The van der Waals surface area contributed by atoms with E-state index in [1.807, 2.05) is 6.92 Å². The molecule has 0 spiro atoms. The maximum atomic E-state index is 12.2. The van der Waals surface area contributed by atoms with Crippen molar-refractivity contribution in [1.29, 1.82) is 0 Å². The van der Waals surface area contributed by atoms with E-state index >= 15 is 0 Å². The van der Waals surface area contributed by atoms with Crippen molar-refractivity contribution in [3.8, 4) is 0 Å².